The zero-order valence-corrected chi connectivity index (χ0v) is 8.10. The monoisotopic (exact) mass is 222 g/mol. The number of hydrogen-bond acceptors (Lipinski definition) is 4. The van der Waals surface area contributed by atoms with E-state index in [1.54, 1.807) is 13.0 Å². The van der Waals surface area contributed by atoms with Crippen molar-refractivity contribution in [3.8, 4) is 0 Å². The Kier molecular flexibility index (Phi) is 3.61. The van der Waals surface area contributed by atoms with Gasteiger partial charge in [-0.25, -0.2) is 4.79 Å². The van der Waals surface area contributed by atoms with Gasteiger partial charge in [0.15, 0.2) is 0 Å². The minimum absolute atomic E-state index is 0.126. The molecule has 0 aliphatic heterocycles. The molecule has 1 amide bonds. The lowest BCUT2D eigenvalue weighted by molar-refractivity contribution is -0.383. The van der Waals surface area contributed by atoms with Crippen LogP contribution in [0.3, 0.4) is 0 Å². The average Bonchev–Trinajstić information content (AvgIpc) is 2.18. The molecule has 0 aliphatic rings. The van der Waals surface area contributed by atoms with Crippen LogP contribution in [0.4, 0.5) is 16.2 Å². The maximum absolute atomic E-state index is 11.0. The molecule has 1 aromatic carbocycles. The van der Waals surface area contributed by atoms with Gasteiger partial charge in [0.1, 0.15) is 5.69 Å². The van der Waals surface area contributed by atoms with Gasteiger partial charge in [-0.05, 0) is 13.0 Å². The largest absolute Gasteiger partial charge is 0.450 e. The van der Waals surface area contributed by atoms with E-state index in [0.717, 1.165) is 0 Å². The van der Waals surface area contributed by atoms with E-state index in [0.29, 0.717) is 0 Å². The minimum atomic E-state index is -0.702. The number of nitrogens with one attached hydrogen (secondary N) is 1. The molecule has 0 radical (unpaired) electrons. The number of carbonyl (C=O) groups is 1. The predicted molar refractivity (Wildman–Crippen MR) is 53.7 cm³/mol. The molecular formula is C9H10N2O4. The zero-order valence-electron chi connectivity index (χ0n) is 8.10. The van der Waals surface area contributed by atoms with Gasteiger partial charge in [0.05, 0.1) is 11.5 Å². The quantitative estimate of drug-likeness (QED) is 0.627. The summed E-state index contributed by atoms with van der Waals surface area (Å²) in [4.78, 5) is 21.0. The van der Waals surface area contributed by atoms with Gasteiger partial charge in [-0.15, -0.1) is 0 Å². The maximum atomic E-state index is 11.0. The van der Waals surface area contributed by atoms with Crippen molar-refractivity contribution in [2.75, 3.05) is 11.9 Å². The SMILES string of the molecule is CCOC(=O)N[14c]1[14cH][14cH][14cH][14cH][14c]1[N+](=O)[O-]. The highest BCUT2D eigenvalue weighted by molar-refractivity contribution is 5.87. The fourth-order valence-corrected chi connectivity index (χ4v) is 1.02. The summed E-state index contributed by atoms with van der Waals surface area (Å²) in [5, 5.41) is 12.9. The topological polar surface area (TPSA) is 81.5 Å². The Bertz CT molecular complexity index is 378. The maximum Gasteiger partial charge on any atom is 0.411 e. The van der Waals surface area contributed by atoms with Crippen LogP contribution < -0.4 is 5.32 Å². The molecule has 0 bridgehead atoms. The van der Waals surface area contributed by atoms with E-state index in [4.69, 9.17) is 0 Å². The van der Waals surface area contributed by atoms with Crippen LogP contribution in [0.1, 0.15) is 6.92 Å². The van der Waals surface area contributed by atoms with E-state index in [9.17, 15) is 14.9 Å². The number of anilines is 1. The van der Waals surface area contributed by atoms with Crippen LogP contribution in [0.25, 0.3) is 0 Å². The number of amides is 1. The Morgan fingerprint density at radius 1 is 1.53 bits per heavy atom. The van der Waals surface area contributed by atoms with E-state index < -0.39 is 11.0 Å². The number of para-hydroxylation sites is 2. The number of nitro benzene ring substituents is 1. The number of nitrogens with zero attached hydrogens (tertiary/aromatic N) is 1. The molecular weight excluding hydrogens is 212 g/mol. The molecule has 0 unspecified atom stereocenters. The zero-order chi connectivity index (χ0) is 11.3. The van der Waals surface area contributed by atoms with Crippen LogP contribution >= 0.6 is 0 Å². The standard InChI is InChI=1S/C9H10N2O4/c1-2-15-9(12)10-7-5-3-4-6-8(7)11(13)14/h3-6H,2H2,1H3,(H,10,12)/i3+2,4+2,5+2,6+2,7+2,8+2. The van der Waals surface area contributed by atoms with Crippen LogP contribution in [-0.2, 0) is 4.74 Å². The van der Waals surface area contributed by atoms with E-state index >= 15 is 0 Å². The number of benzene rings is 1. The third kappa shape index (κ3) is 2.94. The third-order valence-corrected chi connectivity index (χ3v) is 1.61. The molecule has 80 valence electrons. The molecule has 0 saturated carbocycles. The first-order chi connectivity index (χ1) is 7.15. The lowest BCUT2D eigenvalue weighted by Crippen LogP contribution is -2.14. The number of ether oxygens (including phenoxy) is 1. The van der Waals surface area contributed by atoms with Gasteiger partial charge < -0.3 is 4.74 Å². The molecule has 0 spiro atoms. The van der Waals surface area contributed by atoms with Gasteiger partial charge in [0.25, 0.3) is 5.69 Å². The Labute approximate surface area is 86.0 Å². The van der Waals surface area contributed by atoms with Crippen molar-refractivity contribution in [3.05, 3.63) is 34.4 Å². The molecule has 6 nitrogen and oxygen atoms in total. The van der Waals surface area contributed by atoms with Crippen molar-refractivity contribution >= 4 is 17.5 Å². The second-order valence-electron chi connectivity index (χ2n) is 2.62. The highest BCUT2D eigenvalue weighted by Gasteiger charge is 2.14. The molecule has 1 rings (SSSR count). The van der Waals surface area contributed by atoms with Gasteiger partial charge in [-0.2, -0.15) is 0 Å². The van der Waals surface area contributed by atoms with E-state index in [1.807, 2.05) is 0 Å². The van der Waals surface area contributed by atoms with Gasteiger partial charge in [-0.1, -0.05) is 12.1 Å². The fourth-order valence-electron chi connectivity index (χ4n) is 1.02. The van der Waals surface area contributed by atoms with E-state index in [1.165, 1.54) is 18.2 Å². The third-order valence-electron chi connectivity index (χ3n) is 1.61. The van der Waals surface area contributed by atoms with Crippen LogP contribution in [0.2, 0.25) is 0 Å². The molecule has 0 saturated heterocycles. The normalized spacial score (nSPS) is 9.40. The Morgan fingerprint density at radius 2 is 2.20 bits per heavy atom. The van der Waals surface area contributed by atoms with Gasteiger partial charge in [-0.3, -0.25) is 15.4 Å². The highest BCUT2D eigenvalue weighted by Crippen LogP contribution is 2.22. The molecule has 0 fully saturated rings. The summed E-state index contributed by atoms with van der Waals surface area (Å²) in [6.45, 7) is 1.87. The molecule has 1 N–H and O–H groups in total. The predicted octanol–water partition coefficient (Wildman–Crippen LogP) is 2.16. The van der Waals surface area contributed by atoms with Crippen LogP contribution in [-0.4, -0.2) is 17.6 Å². The lowest BCUT2D eigenvalue weighted by Gasteiger charge is -2.04. The van der Waals surface area contributed by atoms with Crippen molar-refractivity contribution in [1.82, 2.24) is 0 Å². The Hall–Kier alpha value is -2.11. The van der Waals surface area contributed by atoms with Crippen molar-refractivity contribution in [2.45, 2.75) is 6.92 Å². The molecule has 0 aliphatic carbocycles. The number of nitro groups is 1. The van der Waals surface area contributed by atoms with Crippen LogP contribution in [0.15, 0.2) is 24.3 Å². The molecule has 0 aromatic heterocycles. The van der Waals surface area contributed by atoms with Crippen molar-refractivity contribution < 1.29 is 14.5 Å². The second kappa shape index (κ2) is 4.94. The first-order valence-electron chi connectivity index (χ1n) is 4.32. The molecule has 0 heterocycles. The molecule has 0 atom stereocenters. The Balaban J connectivity index is 2.84. The van der Waals surface area contributed by atoms with Crippen LogP contribution in [0, 0.1) is 10.1 Å². The summed E-state index contributed by atoms with van der Waals surface area (Å²) in [5.74, 6) is 0. The summed E-state index contributed by atoms with van der Waals surface area (Å²) < 4.78 is 4.61. The van der Waals surface area contributed by atoms with Gasteiger partial charge in [0, 0.05) is 6.07 Å². The van der Waals surface area contributed by atoms with Gasteiger partial charge >= 0.3 is 6.09 Å². The van der Waals surface area contributed by atoms with Crippen molar-refractivity contribution in [1.29, 1.82) is 0 Å². The fraction of sp³-hybridized carbons (Fsp3) is 0.222. The van der Waals surface area contributed by atoms with E-state index in [2.05, 4.69) is 10.1 Å². The lowest BCUT2D eigenvalue weighted by atomic mass is 10.9. The number of rotatable bonds is 3. The highest BCUT2D eigenvalue weighted by atomic mass is 16.7. The molecule has 1 aromatic rings. The van der Waals surface area contributed by atoms with E-state index in [-0.39, 0.29) is 18.0 Å². The molecule has 6 heteroatoms. The average molecular weight is 222 g/mol. The summed E-state index contributed by atoms with van der Waals surface area (Å²) in [6, 6.07) is 5.86. The van der Waals surface area contributed by atoms with Crippen LogP contribution in [0.5, 0.6) is 0 Å². The summed E-state index contributed by atoms with van der Waals surface area (Å²) in [5.41, 5.74) is -0.0356. The molecule has 15 heavy (non-hydrogen) atoms. The Morgan fingerprint density at radius 3 is 2.80 bits per heavy atom. The second-order valence-corrected chi connectivity index (χ2v) is 2.62. The van der Waals surface area contributed by atoms with Crippen molar-refractivity contribution in [2.24, 2.45) is 0 Å². The smallest absolute Gasteiger partial charge is 0.411 e. The van der Waals surface area contributed by atoms with Gasteiger partial charge in [0.2, 0.25) is 0 Å². The summed E-state index contributed by atoms with van der Waals surface area (Å²) >= 11 is 0. The first-order valence-corrected chi connectivity index (χ1v) is 4.32. The summed E-state index contributed by atoms with van der Waals surface area (Å²) in [6.07, 6.45) is -0.702. The minimum Gasteiger partial charge on any atom is -0.450 e. The first kappa shape index (κ1) is 11.0. The van der Waals surface area contributed by atoms with Crippen molar-refractivity contribution in [3.63, 3.8) is 0 Å². The number of carbonyl (C=O) groups excluding carboxylic acids is 1. The number of hydrogen-bond donors (Lipinski definition) is 1. The summed E-state index contributed by atoms with van der Waals surface area (Å²) in [7, 11) is 0.